The van der Waals surface area contributed by atoms with Crippen molar-refractivity contribution in [2.24, 2.45) is 0 Å². The van der Waals surface area contributed by atoms with Crippen molar-refractivity contribution in [1.82, 2.24) is 9.55 Å². The summed E-state index contributed by atoms with van der Waals surface area (Å²) in [6.45, 7) is 2.92. The van der Waals surface area contributed by atoms with Gasteiger partial charge in [-0.15, -0.1) is 0 Å². The lowest BCUT2D eigenvalue weighted by molar-refractivity contribution is -0.144. The van der Waals surface area contributed by atoms with Gasteiger partial charge in [0, 0.05) is 39.8 Å². The summed E-state index contributed by atoms with van der Waals surface area (Å²) in [5.74, 6) is -1.21. The molecule has 1 aromatic heterocycles. The van der Waals surface area contributed by atoms with E-state index in [1.807, 2.05) is 0 Å². The zero-order valence-electron chi connectivity index (χ0n) is 12.7. The highest BCUT2D eigenvalue weighted by molar-refractivity contribution is 5.65. The molecule has 0 spiro atoms. The number of rotatable bonds is 6. The number of nitrogens with one attached hydrogen (secondary N) is 1. The number of nitrogens with zero attached hydrogens (tertiary/aromatic N) is 1. The molecule has 2 N–H and O–H groups in total. The Morgan fingerprint density at radius 1 is 1.36 bits per heavy atom. The Hall–Kier alpha value is -2.42. The van der Waals surface area contributed by atoms with Crippen LogP contribution in [0.3, 0.4) is 0 Å². The fraction of sp³-hybridized carbons (Fsp3) is 0.538. The van der Waals surface area contributed by atoms with Gasteiger partial charge >= 0.3 is 11.7 Å². The summed E-state index contributed by atoms with van der Waals surface area (Å²) in [5, 5.41) is 7.42. The molecule has 1 heterocycles. The number of aryl methyl sites for hydroxylation is 1. The van der Waals surface area contributed by atoms with Gasteiger partial charge in [0.05, 0.1) is 6.10 Å². The third-order valence-corrected chi connectivity index (χ3v) is 2.39. The van der Waals surface area contributed by atoms with Gasteiger partial charge < -0.3 is 19.1 Å². The first-order valence-electron chi connectivity index (χ1n) is 6.41. The van der Waals surface area contributed by atoms with Crippen molar-refractivity contribution in [3.05, 3.63) is 33.1 Å². The van der Waals surface area contributed by atoms with Gasteiger partial charge in [0.25, 0.3) is 11.5 Å². The van der Waals surface area contributed by atoms with E-state index in [-0.39, 0.29) is 18.7 Å². The fourth-order valence-electron chi connectivity index (χ4n) is 1.38. The molecule has 0 aliphatic carbocycles. The molecule has 1 rings (SSSR count). The van der Waals surface area contributed by atoms with Crippen molar-refractivity contribution in [2.75, 3.05) is 13.7 Å². The molecule has 0 amide bonds. The molecule has 0 aliphatic heterocycles. The maximum atomic E-state index is 11.4. The number of methoxy groups -OCH3 is 1. The number of aliphatic carboxylic acids is 1. The van der Waals surface area contributed by atoms with Crippen LogP contribution in [0, 0.1) is 0 Å². The first-order valence-corrected chi connectivity index (χ1v) is 6.41. The summed E-state index contributed by atoms with van der Waals surface area (Å²) >= 11 is 0. The van der Waals surface area contributed by atoms with Crippen molar-refractivity contribution in [1.29, 1.82) is 0 Å². The molecular formula is C13H20N2O7. The molecule has 0 fully saturated rings. The number of carboxylic acid groups (broad SMARTS) is 1. The average molecular weight is 316 g/mol. The van der Waals surface area contributed by atoms with Gasteiger partial charge in [-0.1, -0.05) is 0 Å². The molecule has 0 saturated carbocycles. The zero-order chi connectivity index (χ0) is 17.1. The fourth-order valence-corrected chi connectivity index (χ4v) is 1.38. The molecule has 0 aromatic carbocycles. The minimum absolute atomic E-state index is 0.143. The van der Waals surface area contributed by atoms with Gasteiger partial charge in [0.1, 0.15) is 6.61 Å². The van der Waals surface area contributed by atoms with Crippen LogP contribution in [-0.4, -0.2) is 46.4 Å². The molecule has 9 nitrogen and oxygen atoms in total. The molecule has 0 bridgehead atoms. The number of carboxylic acids is 1. The van der Waals surface area contributed by atoms with Crippen LogP contribution in [0.5, 0.6) is 0 Å². The van der Waals surface area contributed by atoms with Gasteiger partial charge in [-0.3, -0.25) is 19.4 Å². The molecule has 124 valence electrons. The van der Waals surface area contributed by atoms with E-state index in [1.165, 1.54) is 30.9 Å². The second-order valence-corrected chi connectivity index (χ2v) is 4.27. The van der Waals surface area contributed by atoms with E-state index in [2.05, 4.69) is 4.98 Å². The lowest BCUT2D eigenvalue weighted by Crippen LogP contribution is -2.30. The smallest absolute Gasteiger partial charge is 0.328 e. The number of hydrogen-bond acceptors (Lipinski definition) is 6. The minimum atomic E-state index is -0.833. The van der Waals surface area contributed by atoms with Crippen molar-refractivity contribution in [3.63, 3.8) is 0 Å². The predicted octanol–water partition coefficient (Wildman–Crippen LogP) is -0.404. The van der Waals surface area contributed by atoms with E-state index < -0.39 is 17.2 Å². The molecule has 22 heavy (non-hydrogen) atoms. The van der Waals surface area contributed by atoms with Crippen molar-refractivity contribution in [2.45, 2.75) is 32.9 Å². The SMILES string of the molecule is CC(=O)O.COC(CCn1ccc(=O)[nH]c1=O)COC(C)=O. The predicted molar refractivity (Wildman–Crippen MR) is 76.7 cm³/mol. The van der Waals surface area contributed by atoms with Crippen LogP contribution >= 0.6 is 0 Å². The molecule has 0 radical (unpaired) electrons. The highest BCUT2D eigenvalue weighted by Crippen LogP contribution is 2.00. The normalized spacial score (nSPS) is 11.0. The summed E-state index contributed by atoms with van der Waals surface area (Å²) < 4.78 is 11.3. The summed E-state index contributed by atoms with van der Waals surface area (Å²) in [7, 11) is 1.50. The molecule has 0 saturated heterocycles. The molecule has 0 aliphatic rings. The van der Waals surface area contributed by atoms with Gasteiger partial charge in [0.15, 0.2) is 0 Å². The van der Waals surface area contributed by atoms with E-state index in [0.29, 0.717) is 13.0 Å². The van der Waals surface area contributed by atoms with E-state index >= 15 is 0 Å². The van der Waals surface area contributed by atoms with Crippen LogP contribution in [0.1, 0.15) is 20.3 Å². The summed E-state index contributed by atoms with van der Waals surface area (Å²) in [4.78, 5) is 44.1. The highest BCUT2D eigenvalue weighted by Gasteiger charge is 2.10. The maximum Gasteiger partial charge on any atom is 0.328 e. The second-order valence-electron chi connectivity index (χ2n) is 4.27. The second kappa shape index (κ2) is 10.3. The number of aromatic amines is 1. The van der Waals surface area contributed by atoms with Crippen LogP contribution in [0.15, 0.2) is 21.9 Å². The van der Waals surface area contributed by atoms with Gasteiger partial charge in [0.2, 0.25) is 0 Å². The summed E-state index contributed by atoms with van der Waals surface area (Å²) in [6.07, 6.45) is 1.63. The van der Waals surface area contributed by atoms with Gasteiger partial charge in [-0.2, -0.15) is 0 Å². The third kappa shape index (κ3) is 9.48. The number of ether oxygens (including phenoxy) is 2. The number of aromatic nitrogens is 2. The number of esters is 1. The quantitative estimate of drug-likeness (QED) is 0.683. The van der Waals surface area contributed by atoms with Gasteiger partial charge in [-0.05, 0) is 6.42 Å². The van der Waals surface area contributed by atoms with Crippen LogP contribution in [-0.2, 0) is 25.6 Å². The van der Waals surface area contributed by atoms with Crippen LogP contribution < -0.4 is 11.2 Å². The molecule has 9 heteroatoms. The van der Waals surface area contributed by atoms with E-state index in [1.54, 1.807) is 0 Å². The third-order valence-electron chi connectivity index (χ3n) is 2.39. The molecule has 1 aromatic rings. The first kappa shape index (κ1) is 19.6. The Bertz CT molecular complexity index is 587. The Kier molecular flexibility index (Phi) is 9.19. The average Bonchev–Trinajstić information content (AvgIpc) is 2.40. The number of carbonyl (C=O) groups excluding carboxylic acids is 1. The summed E-state index contributed by atoms with van der Waals surface area (Å²) in [5.41, 5.74) is -0.899. The number of carbonyl (C=O) groups is 2. The van der Waals surface area contributed by atoms with Gasteiger partial charge in [-0.25, -0.2) is 4.79 Å². The Balaban J connectivity index is 0.000000980. The van der Waals surface area contributed by atoms with Crippen molar-refractivity contribution in [3.8, 4) is 0 Å². The standard InChI is InChI=1S/C11H16N2O5.C2H4O2/c1-8(14)18-7-9(17-2)3-5-13-6-4-10(15)12-11(13)16;1-2(3)4/h4,6,9H,3,5,7H2,1-2H3,(H,12,15,16);1H3,(H,3,4). The molecular weight excluding hydrogens is 296 g/mol. The van der Waals surface area contributed by atoms with E-state index in [0.717, 1.165) is 6.92 Å². The van der Waals surface area contributed by atoms with E-state index in [9.17, 15) is 14.4 Å². The van der Waals surface area contributed by atoms with Crippen LogP contribution in [0.4, 0.5) is 0 Å². The largest absolute Gasteiger partial charge is 0.481 e. The van der Waals surface area contributed by atoms with E-state index in [4.69, 9.17) is 19.4 Å². The topological polar surface area (TPSA) is 128 Å². The highest BCUT2D eigenvalue weighted by atomic mass is 16.6. The summed E-state index contributed by atoms with van der Waals surface area (Å²) in [6, 6.07) is 1.27. The first-order chi connectivity index (χ1) is 10.3. The molecule has 1 unspecified atom stereocenters. The lowest BCUT2D eigenvalue weighted by Gasteiger charge is -2.15. The minimum Gasteiger partial charge on any atom is -0.481 e. The zero-order valence-corrected chi connectivity index (χ0v) is 12.7. The monoisotopic (exact) mass is 316 g/mol. The maximum absolute atomic E-state index is 11.4. The van der Waals surface area contributed by atoms with Crippen molar-refractivity contribution < 1.29 is 24.2 Å². The van der Waals surface area contributed by atoms with Crippen LogP contribution in [0.2, 0.25) is 0 Å². The lowest BCUT2D eigenvalue weighted by atomic mass is 10.2. The molecule has 1 atom stereocenters. The number of H-pyrrole nitrogens is 1. The Morgan fingerprint density at radius 3 is 2.41 bits per heavy atom. The number of hydrogen-bond donors (Lipinski definition) is 2. The van der Waals surface area contributed by atoms with Crippen molar-refractivity contribution >= 4 is 11.9 Å². The Labute approximate surface area is 126 Å². The van der Waals surface area contributed by atoms with Crippen LogP contribution in [0.25, 0.3) is 0 Å². The Morgan fingerprint density at radius 2 is 1.95 bits per heavy atom.